The Morgan fingerprint density at radius 1 is 0.824 bits per heavy atom. The van der Waals surface area contributed by atoms with E-state index in [1.54, 1.807) is 0 Å². The van der Waals surface area contributed by atoms with E-state index in [-0.39, 0.29) is 5.60 Å². The highest BCUT2D eigenvalue weighted by Crippen LogP contribution is 2.52. The maximum absolute atomic E-state index is 10.6. The Labute approximate surface area is 107 Å². The van der Waals surface area contributed by atoms with Gasteiger partial charge in [-0.3, -0.25) is 0 Å². The first-order chi connectivity index (χ1) is 8.18. The number of aliphatic hydroxyl groups is 1. The summed E-state index contributed by atoms with van der Waals surface area (Å²) in [4.78, 5) is 0. The molecule has 2 fully saturated rings. The quantitative estimate of drug-likeness (QED) is 0.681. The van der Waals surface area contributed by atoms with Crippen LogP contribution in [-0.4, -0.2) is 10.7 Å². The molecule has 0 aliphatic heterocycles. The molecule has 2 rings (SSSR count). The van der Waals surface area contributed by atoms with Gasteiger partial charge in [0.25, 0.3) is 0 Å². The Kier molecular flexibility index (Phi) is 4.52. The van der Waals surface area contributed by atoms with Crippen molar-refractivity contribution in [3.05, 3.63) is 0 Å². The van der Waals surface area contributed by atoms with Gasteiger partial charge in [0.05, 0.1) is 5.60 Å². The lowest BCUT2D eigenvalue weighted by Gasteiger charge is -2.42. The molecule has 1 N–H and O–H groups in total. The highest BCUT2D eigenvalue weighted by Gasteiger charge is 2.42. The lowest BCUT2D eigenvalue weighted by Crippen LogP contribution is -2.38. The normalized spacial score (nSPS) is 26.5. The van der Waals surface area contributed by atoms with Crippen molar-refractivity contribution in [1.82, 2.24) is 0 Å². The summed E-state index contributed by atoms with van der Waals surface area (Å²) < 4.78 is 0. The fraction of sp³-hybridized carbons (Fsp3) is 1.00. The molecule has 0 radical (unpaired) electrons. The van der Waals surface area contributed by atoms with E-state index < -0.39 is 0 Å². The van der Waals surface area contributed by atoms with E-state index in [1.807, 2.05) is 0 Å². The Bertz CT molecular complexity index is 218. The van der Waals surface area contributed by atoms with Crippen molar-refractivity contribution in [3.8, 4) is 0 Å². The van der Waals surface area contributed by atoms with Gasteiger partial charge < -0.3 is 5.11 Å². The van der Waals surface area contributed by atoms with E-state index in [1.165, 1.54) is 64.2 Å². The third kappa shape index (κ3) is 3.47. The van der Waals surface area contributed by atoms with Gasteiger partial charge in [-0.05, 0) is 50.4 Å². The number of unbranched alkanes of at least 4 members (excludes halogenated alkanes) is 3. The van der Waals surface area contributed by atoms with Crippen LogP contribution in [0.15, 0.2) is 0 Å². The second kappa shape index (κ2) is 5.73. The topological polar surface area (TPSA) is 20.2 Å². The minimum Gasteiger partial charge on any atom is -0.390 e. The fourth-order valence-electron chi connectivity index (χ4n) is 4.00. The Hall–Kier alpha value is -0.0400. The molecule has 0 unspecified atom stereocenters. The molecule has 17 heavy (non-hydrogen) atoms. The SMILES string of the molecule is CCCCCCC1(O)CCC2(CCCC2)CC1. The summed E-state index contributed by atoms with van der Waals surface area (Å²) in [6.45, 7) is 2.25. The minimum atomic E-state index is -0.290. The second-order valence-electron chi connectivity index (χ2n) is 6.74. The first-order valence-corrected chi connectivity index (χ1v) is 7.91. The van der Waals surface area contributed by atoms with Crippen molar-refractivity contribution < 1.29 is 5.11 Å². The maximum Gasteiger partial charge on any atom is 0.0648 e. The van der Waals surface area contributed by atoms with E-state index in [0.29, 0.717) is 5.41 Å². The van der Waals surface area contributed by atoms with E-state index >= 15 is 0 Å². The summed E-state index contributed by atoms with van der Waals surface area (Å²) in [6.07, 6.45) is 16.8. The van der Waals surface area contributed by atoms with Crippen LogP contribution in [0.2, 0.25) is 0 Å². The number of rotatable bonds is 5. The molecule has 0 atom stereocenters. The number of hydrogen-bond donors (Lipinski definition) is 1. The Morgan fingerprint density at radius 2 is 1.47 bits per heavy atom. The minimum absolute atomic E-state index is 0.290. The van der Waals surface area contributed by atoms with E-state index in [2.05, 4.69) is 6.92 Å². The molecule has 1 nitrogen and oxygen atoms in total. The lowest BCUT2D eigenvalue weighted by molar-refractivity contribution is -0.0403. The van der Waals surface area contributed by atoms with Gasteiger partial charge in [0, 0.05) is 0 Å². The first kappa shape index (κ1) is 13.4. The van der Waals surface area contributed by atoms with E-state index in [4.69, 9.17) is 0 Å². The molecule has 2 aliphatic rings. The molecular formula is C16H30O. The molecule has 0 aromatic carbocycles. The van der Waals surface area contributed by atoms with Gasteiger partial charge in [0.15, 0.2) is 0 Å². The molecule has 2 saturated carbocycles. The first-order valence-electron chi connectivity index (χ1n) is 7.91. The second-order valence-corrected chi connectivity index (χ2v) is 6.74. The third-order valence-electron chi connectivity index (χ3n) is 5.40. The van der Waals surface area contributed by atoms with E-state index in [0.717, 1.165) is 19.3 Å². The molecule has 2 aliphatic carbocycles. The molecule has 0 aromatic heterocycles. The van der Waals surface area contributed by atoms with Gasteiger partial charge >= 0.3 is 0 Å². The average molecular weight is 238 g/mol. The predicted octanol–water partition coefficient (Wildman–Crippen LogP) is 4.82. The van der Waals surface area contributed by atoms with Gasteiger partial charge in [-0.15, -0.1) is 0 Å². The molecule has 0 amide bonds. The smallest absolute Gasteiger partial charge is 0.0648 e. The molecule has 0 saturated heterocycles. The van der Waals surface area contributed by atoms with Crippen LogP contribution in [0.5, 0.6) is 0 Å². The standard InChI is InChI=1S/C16H30O/c1-2-3-4-5-10-16(17)13-11-15(12-14-16)8-6-7-9-15/h17H,2-14H2,1H3. The molecule has 0 heterocycles. The van der Waals surface area contributed by atoms with Crippen LogP contribution >= 0.6 is 0 Å². The predicted molar refractivity (Wildman–Crippen MR) is 73.1 cm³/mol. The zero-order valence-electron chi connectivity index (χ0n) is 11.6. The van der Waals surface area contributed by atoms with Crippen molar-refractivity contribution in [2.75, 3.05) is 0 Å². The van der Waals surface area contributed by atoms with Crippen molar-refractivity contribution >= 4 is 0 Å². The summed E-state index contributed by atoms with van der Waals surface area (Å²) in [5, 5.41) is 10.6. The third-order valence-corrected chi connectivity index (χ3v) is 5.40. The van der Waals surface area contributed by atoms with Gasteiger partial charge in [-0.1, -0.05) is 45.4 Å². The van der Waals surface area contributed by atoms with Crippen LogP contribution < -0.4 is 0 Å². The van der Waals surface area contributed by atoms with E-state index in [9.17, 15) is 5.11 Å². The van der Waals surface area contributed by atoms with Crippen molar-refractivity contribution in [2.45, 2.75) is 96.0 Å². The van der Waals surface area contributed by atoms with Crippen LogP contribution in [-0.2, 0) is 0 Å². The Balaban J connectivity index is 1.72. The van der Waals surface area contributed by atoms with Gasteiger partial charge in [0.2, 0.25) is 0 Å². The van der Waals surface area contributed by atoms with Gasteiger partial charge in [-0.25, -0.2) is 0 Å². The lowest BCUT2D eigenvalue weighted by atomic mass is 9.66. The summed E-state index contributed by atoms with van der Waals surface area (Å²) in [5.41, 5.74) is 0.372. The molecule has 0 aromatic rings. The van der Waals surface area contributed by atoms with Gasteiger partial charge in [-0.2, -0.15) is 0 Å². The summed E-state index contributed by atoms with van der Waals surface area (Å²) in [7, 11) is 0. The fourth-order valence-corrected chi connectivity index (χ4v) is 4.00. The zero-order valence-corrected chi connectivity index (χ0v) is 11.6. The van der Waals surface area contributed by atoms with Crippen LogP contribution in [0, 0.1) is 5.41 Å². The highest BCUT2D eigenvalue weighted by atomic mass is 16.3. The molecule has 1 spiro atoms. The number of hydrogen-bond acceptors (Lipinski definition) is 1. The van der Waals surface area contributed by atoms with Crippen molar-refractivity contribution in [1.29, 1.82) is 0 Å². The largest absolute Gasteiger partial charge is 0.390 e. The Morgan fingerprint density at radius 3 is 2.06 bits per heavy atom. The van der Waals surface area contributed by atoms with Crippen LogP contribution in [0.4, 0.5) is 0 Å². The van der Waals surface area contributed by atoms with Crippen molar-refractivity contribution in [2.24, 2.45) is 5.41 Å². The van der Waals surface area contributed by atoms with Crippen LogP contribution in [0.1, 0.15) is 90.4 Å². The zero-order chi connectivity index (χ0) is 12.2. The average Bonchev–Trinajstić information content (AvgIpc) is 2.79. The molecular weight excluding hydrogens is 208 g/mol. The molecule has 100 valence electrons. The highest BCUT2D eigenvalue weighted by molar-refractivity contribution is 4.95. The van der Waals surface area contributed by atoms with Crippen LogP contribution in [0.25, 0.3) is 0 Å². The summed E-state index contributed by atoms with van der Waals surface area (Å²) in [6, 6.07) is 0. The monoisotopic (exact) mass is 238 g/mol. The van der Waals surface area contributed by atoms with Gasteiger partial charge in [0.1, 0.15) is 0 Å². The molecule has 1 heteroatoms. The summed E-state index contributed by atoms with van der Waals surface area (Å²) in [5.74, 6) is 0. The maximum atomic E-state index is 10.6. The molecule has 0 bridgehead atoms. The van der Waals surface area contributed by atoms with Crippen molar-refractivity contribution in [3.63, 3.8) is 0 Å². The van der Waals surface area contributed by atoms with Crippen LogP contribution in [0.3, 0.4) is 0 Å². The summed E-state index contributed by atoms with van der Waals surface area (Å²) >= 11 is 0.